The Morgan fingerprint density at radius 2 is 2.05 bits per heavy atom. The van der Waals surface area contributed by atoms with Gasteiger partial charge in [0.1, 0.15) is 5.75 Å². The number of hydrogen-bond acceptors (Lipinski definition) is 4. The molecule has 5 nitrogen and oxygen atoms in total. The van der Waals surface area contributed by atoms with Crippen LogP contribution in [0.3, 0.4) is 0 Å². The zero-order valence-electron chi connectivity index (χ0n) is 13.6. The number of anilines is 1. The predicted octanol–water partition coefficient (Wildman–Crippen LogP) is 2.05. The second-order valence-electron chi connectivity index (χ2n) is 5.28. The Balaban J connectivity index is 3.21. The SMILES string of the molecule is CCCN(CC(=O)N(C)C)c1cccc(OC)c1[C@H](C)O. The Labute approximate surface area is 127 Å². The molecule has 0 aliphatic carbocycles. The van der Waals surface area contributed by atoms with Crippen molar-refractivity contribution in [2.45, 2.75) is 26.4 Å². The van der Waals surface area contributed by atoms with E-state index in [-0.39, 0.29) is 12.5 Å². The number of carbonyl (C=O) groups excluding carboxylic acids is 1. The molecule has 0 fully saturated rings. The van der Waals surface area contributed by atoms with E-state index < -0.39 is 6.10 Å². The van der Waals surface area contributed by atoms with Crippen LogP contribution in [-0.2, 0) is 4.79 Å². The van der Waals surface area contributed by atoms with Gasteiger partial charge in [0.05, 0.1) is 19.8 Å². The maximum atomic E-state index is 12.0. The maximum absolute atomic E-state index is 12.0. The molecule has 0 heterocycles. The van der Waals surface area contributed by atoms with Gasteiger partial charge in [0.2, 0.25) is 5.91 Å². The third kappa shape index (κ3) is 4.36. The van der Waals surface area contributed by atoms with Crippen molar-refractivity contribution in [3.63, 3.8) is 0 Å². The molecule has 0 aliphatic heterocycles. The van der Waals surface area contributed by atoms with Gasteiger partial charge in [-0.2, -0.15) is 0 Å². The lowest BCUT2D eigenvalue weighted by molar-refractivity contribution is -0.127. The molecule has 0 aliphatic rings. The second-order valence-corrected chi connectivity index (χ2v) is 5.28. The van der Waals surface area contributed by atoms with Gasteiger partial charge in [-0.3, -0.25) is 4.79 Å². The molecule has 1 aromatic carbocycles. The molecular weight excluding hydrogens is 268 g/mol. The molecule has 0 spiro atoms. The van der Waals surface area contributed by atoms with E-state index in [0.717, 1.165) is 24.2 Å². The number of rotatable bonds is 7. The van der Waals surface area contributed by atoms with Crippen molar-refractivity contribution < 1.29 is 14.6 Å². The van der Waals surface area contributed by atoms with Crippen LogP contribution in [0.1, 0.15) is 31.9 Å². The summed E-state index contributed by atoms with van der Waals surface area (Å²) in [6.45, 7) is 4.80. The Kier molecular flexibility index (Phi) is 6.49. The fourth-order valence-corrected chi connectivity index (χ4v) is 2.27. The molecule has 1 rings (SSSR count). The van der Waals surface area contributed by atoms with Crippen molar-refractivity contribution in [2.24, 2.45) is 0 Å². The summed E-state index contributed by atoms with van der Waals surface area (Å²) < 4.78 is 5.35. The first-order valence-corrected chi connectivity index (χ1v) is 7.22. The van der Waals surface area contributed by atoms with Crippen molar-refractivity contribution >= 4 is 11.6 Å². The van der Waals surface area contributed by atoms with E-state index in [1.54, 1.807) is 33.0 Å². The molecule has 0 saturated heterocycles. The van der Waals surface area contributed by atoms with Crippen molar-refractivity contribution in [1.82, 2.24) is 4.90 Å². The molecular formula is C16H26N2O3. The third-order valence-electron chi connectivity index (χ3n) is 3.34. The van der Waals surface area contributed by atoms with E-state index in [1.165, 1.54) is 0 Å². The topological polar surface area (TPSA) is 53.0 Å². The summed E-state index contributed by atoms with van der Waals surface area (Å²) in [4.78, 5) is 15.6. The van der Waals surface area contributed by atoms with Crippen LogP contribution >= 0.6 is 0 Å². The van der Waals surface area contributed by atoms with Gasteiger partial charge in [0, 0.05) is 31.9 Å². The predicted molar refractivity (Wildman–Crippen MR) is 84.8 cm³/mol. The van der Waals surface area contributed by atoms with Crippen LogP contribution in [0.2, 0.25) is 0 Å². The van der Waals surface area contributed by atoms with Crippen LogP contribution < -0.4 is 9.64 Å². The van der Waals surface area contributed by atoms with Gasteiger partial charge < -0.3 is 19.6 Å². The number of likely N-dealkylation sites (N-methyl/N-ethyl adjacent to an activating group) is 1. The largest absolute Gasteiger partial charge is 0.496 e. The number of ether oxygens (including phenoxy) is 1. The van der Waals surface area contributed by atoms with Gasteiger partial charge in [-0.1, -0.05) is 13.0 Å². The summed E-state index contributed by atoms with van der Waals surface area (Å²) in [6, 6.07) is 5.62. The van der Waals surface area contributed by atoms with E-state index in [2.05, 4.69) is 6.92 Å². The lowest BCUT2D eigenvalue weighted by Gasteiger charge is -2.29. The molecule has 1 amide bonds. The van der Waals surface area contributed by atoms with Crippen LogP contribution in [0, 0.1) is 0 Å². The highest BCUT2D eigenvalue weighted by Gasteiger charge is 2.20. The molecule has 5 heteroatoms. The number of aliphatic hydroxyl groups is 1. The molecule has 1 aromatic rings. The lowest BCUT2D eigenvalue weighted by atomic mass is 10.1. The van der Waals surface area contributed by atoms with Crippen LogP contribution in [0.4, 0.5) is 5.69 Å². The van der Waals surface area contributed by atoms with Crippen LogP contribution in [0.5, 0.6) is 5.75 Å². The highest BCUT2D eigenvalue weighted by molar-refractivity contribution is 5.81. The fourth-order valence-electron chi connectivity index (χ4n) is 2.27. The zero-order chi connectivity index (χ0) is 16.0. The summed E-state index contributed by atoms with van der Waals surface area (Å²) in [6.07, 6.45) is 0.252. The Bertz CT molecular complexity index is 473. The van der Waals surface area contributed by atoms with Gasteiger partial charge in [-0.25, -0.2) is 0 Å². The number of carbonyl (C=O) groups is 1. The van der Waals surface area contributed by atoms with Crippen LogP contribution in [-0.4, -0.2) is 50.2 Å². The molecule has 118 valence electrons. The summed E-state index contributed by atoms with van der Waals surface area (Å²) in [7, 11) is 5.07. The van der Waals surface area contributed by atoms with E-state index in [0.29, 0.717) is 5.75 Å². The van der Waals surface area contributed by atoms with Gasteiger partial charge >= 0.3 is 0 Å². The Morgan fingerprint density at radius 1 is 1.38 bits per heavy atom. The van der Waals surface area contributed by atoms with Crippen LogP contribution in [0.15, 0.2) is 18.2 Å². The first-order chi connectivity index (χ1) is 9.92. The molecule has 0 saturated carbocycles. The van der Waals surface area contributed by atoms with Gasteiger partial charge in [-0.15, -0.1) is 0 Å². The molecule has 0 unspecified atom stereocenters. The van der Waals surface area contributed by atoms with Crippen molar-refractivity contribution in [3.05, 3.63) is 23.8 Å². The fraction of sp³-hybridized carbons (Fsp3) is 0.562. The van der Waals surface area contributed by atoms with E-state index in [1.807, 2.05) is 23.1 Å². The quantitative estimate of drug-likeness (QED) is 0.836. The van der Waals surface area contributed by atoms with Gasteiger partial charge in [0.25, 0.3) is 0 Å². The maximum Gasteiger partial charge on any atom is 0.241 e. The van der Waals surface area contributed by atoms with E-state index in [4.69, 9.17) is 4.74 Å². The Morgan fingerprint density at radius 3 is 2.52 bits per heavy atom. The normalized spacial score (nSPS) is 11.9. The number of hydrogen-bond donors (Lipinski definition) is 1. The minimum atomic E-state index is -0.662. The number of amides is 1. The number of methoxy groups -OCH3 is 1. The van der Waals surface area contributed by atoms with Crippen molar-refractivity contribution in [3.8, 4) is 5.75 Å². The van der Waals surface area contributed by atoms with Gasteiger partial charge in [-0.05, 0) is 25.5 Å². The summed E-state index contributed by atoms with van der Waals surface area (Å²) >= 11 is 0. The third-order valence-corrected chi connectivity index (χ3v) is 3.34. The highest BCUT2D eigenvalue weighted by Crippen LogP contribution is 2.34. The molecule has 0 bridgehead atoms. The lowest BCUT2D eigenvalue weighted by Crippen LogP contribution is -2.37. The zero-order valence-corrected chi connectivity index (χ0v) is 13.6. The first-order valence-electron chi connectivity index (χ1n) is 7.22. The molecule has 1 N–H and O–H groups in total. The van der Waals surface area contributed by atoms with Gasteiger partial charge in [0.15, 0.2) is 0 Å². The number of aliphatic hydroxyl groups excluding tert-OH is 1. The number of benzene rings is 1. The summed E-state index contributed by atoms with van der Waals surface area (Å²) in [5.74, 6) is 0.670. The standard InChI is InChI=1S/C16H26N2O3/c1-6-10-18(11-15(20)17(3)4)13-8-7-9-14(21-5)16(13)12(2)19/h7-9,12,19H,6,10-11H2,1-5H3/t12-/m0/s1. The first kappa shape index (κ1) is 17.3. The van der Waals surface area contributed by atoms with Crippen molar-refractivity contribution in [2.75, 3.05) is 39.2 Å². The minimum Gasteiger partial charge on any atom is -0.496 e. The molecule has 0 aromatic heterocycles. The average molecular weight is 294 g/mol. The molecule has 21 heavy (non-hydrogen) atoms. The van der Waals surface area contributed by atoms with E-state index >= 15 is 0 Å². The summed E-state index contributed by atoms with van der Waals surface area (Å²) in [5, 5.41) is 10.1. The number of nitrogens with zero attached hydrogens (tertiary/aromatic N) is 2. The van der Waals surface area contributed by atoms with Crippen LogP contribution in [0.25, 0.3) is 0 Å². The highest BCUT2D eigenvalue weighted by atomic mass is 16.5. The second kappa shape index (κ2) is 7.88. The molecule has 0 radical (unpaired) electrons. The monoisotopic (exact) mass is 294 g/mol. The minimum absolute atomic E-state index is 0.0304. The van der Waals surface area contributed by atoms with E-state index in [9.17, 15) is 9.90 Å². The Hall–Kier alpha value is -1.75. The molecule has 1 atom stereocenters. The summed E-state index contributed by atoms with van der Waals surface area (Å²) in [5.41, 5.74) is 1.57. The average Bonchev–Trinajstić information content (AvgIpc) is 2.45. The smallest absolute Gasteiger partial charge is 0.241 e. The van der Waals surface area contributed by atoms with Crippen molar-refractivity contribution in [1.29, 1.82) is 0 Å².